The maximum absolute atomic E-state index is 3.88. The Bertz CT molecular complexity index is 270. The van der Waals surface area contributed by atoms with Crippen LogP contribution in [-0.4, -0.2) is 36.6 Å². The van der Waals surface area contributed by atoms with Gasteiger partial charge < -0.3 is 5.32 Å². The molecular weight excluding hydrogens is 232 g/mol. The van der Waals surface area contributed by atoms with Gasteiger partial charge in [0.2, 0.25) is 0 Å². The van der Waals surface area contributed by atoms with Gasteiger partial charge in [0.25, 0.3) is 0 Å². The van der Waals surface area contributed by atoms with Gasteiger partial charge in [-0.2, -0.15) is 0 Å². The van der Waals surface area contributed by atoms with E-state index in [1.165, 1.54) is 58.2 Å². The first-order valence-electron chi connectivity index (χ1n) is 8.56. The molecule has 2 aliphatic carbocycles. The zero-order chi connectivity index (χ0) is 13.9. The molecule has 2 unspecified atom stereocenters. The maximum atomic E-state index is 3.88. The quantitative estimate of drug-likeness (QED) is 0.756. The van der Waals surface area contributed by atoms with Crippen molar-refractivity contribution < 1.29 is 0 Å². The lowest BCUT2D eigenvalue weighted by atomic mass is 9.70. The van der Waals surface area contributed by atoms with Crippen LogP contribution >= 0.6 is 0 Å². The van der Waals surface area contributed by atoms with Crippen LogP contribution in [0.1, 0.15) is 66.2 Å². The number of likely N-dealkylation sites (N-methyl/N-ethyl adjacent to an activating group) is 1. The van der Waals surface area contributed by atoms with Gasteiger partial charge in [-0.3, -0.25) is 4.90 Å². The van der Waals surface area contributed by atoms with Crippen LogP contribution in [-0.2, 0) is 0 Å². The first-order chi connectivity index (χ1) is 9.08. The van der Waals surface area contributed by atoms with Crippen molar-refractivity contribution in [2.24, 2.45) is 11.3 Å². The molecule has 0 aromatic rings. The van der Waals surface area contributed by atoms with Gasteiger partial charge in [0.05, 0.1) is 0 Å². The number of rotatable bonds is 7. The minimum Gasteiger partial charge on any atom is -0.312 e. The van der Waals surface area contributed by atoms with E-state index >= 15 is 0 Å². The van der Waals surface area contributed by atoms with Crippen molar-refractivity contribution in [1.29, 1.82) is 0 Å². The highest BCUT2D eigenvalue weighted by atomic mass is 15.2. The van der Waals surface area contributed by atoms with Crippen LogP contribution < -0.4 is 5.32 Å². The van der Waals surface area contributed by atoms with Crippen LogP contribution in [0.25, 0.3) is 0 Å². The number of hydrogen-bond acceptors (Lipinski definition) is 2. The zero-order valence-electron chi connectivity index (χ0n) is 13.5. The fourth-order valence-electron chi connectivity index (χ4n) is 3.85. The molecule has 0 aromatic heterocycles. The summed E-state index contributed by atoms with van der Waals surface area (Å²) < 4.78 is 0. The van der Waals surface area contributed by atoms with Crippen LogP contribution in [0, 0.1) is 11.3 Å². The second-order valence-corrected chi connectivity index (χ2v) is 7.41. The molecule has 1 N–H and O–H groups in total. The van der Waals surface area contributed by atoms with E-state index in [0.29, 0.717) is 11.5 Å². The predicted molar refractivity (Wildman–Crippen MR) is 83.5 cm³/mol. The SMILES string of the molecule is CCCNC1C(N(CC)CC2CC2)CCCC1(C)C. The van der Waals surface area contributed by atoms with Crippen LogP contribution in [0.2, 0.25) is 0 Å². The van der Waals surface area contributed by atoms with Gasteiger partial charge >= 0.3 is 0 Å². The third-order valence-electron chi connectivity index (χ3n) is 5.23. The highest BCUT2D eigenvalue weighted by molar-refractivity contribution is 4.98. The van der Waals surface area contributed by atoms with Gasteiger partial charge in [-0.05, 0) is 56.5 Å². The molecule has 0 aliphatic heterocycles. The number of hydrogen-bond donors (Lipinski definition) is 1. The smallest absolute Gasteiger partial charge is 0.0274 e. The second-order valence-electron chi connectivity index (χ2n) is 7.41. The first-order valence-corrected chi connectivity index (χ1v) is 8.56. The molecule has 2 saturated carbocycles. The van der Waals surface area contributed by atoms with Gasteiger partial charge in [-0.15, -0.1) is 0 Å². The Balaban J connectivity index is 2.03. The third kappa shape index (κ3) is 3.95. The van der Waals surface area contributed by atoms with Crippen LogP contribution in [0.3, 0.4) is 0 Å². The molecule has 112 valence electrons. The molecule has 0 heterocycles. The average Bonchev–Trinajstić information content (AvgIpc) is 3.17. The topological polar surface area (TPSA) is 15.3 Å². The Kier molecular flexibility index (Phi) is 5.30. The Labute approximate surface area is 120 Å². The first kappa shape index (κ1) is 15.3. The van der Waals surface area contributed by atoms with E-state index in [4.69, 9.17) is 0 Å². The molecule has 0 radical (unpaired) electrons. The van der Waals surface area contributed by atoms with Crippen molar-refractivity contribution in [3.8, 4) is 0 Å². The van der Waals surface area contributed by atoms with Crippen molar-refractivity contribution in [2.45, 2.75) is 78.3 Å². The van der Waals surface area contributed by atoms with E-state index in [1.807, 2.05) is 0 Å². The largest absolute Gasteiger partial charge is 0.312 e. The summed E-state index contributed by atoms with van der Waals surface area (Å²) in [5, 5.41) is 3.88. The monoisotopic (exact) mass is 266 g/mol. The number of nitrogens with one attached hydrogen (secondary N) is 1. The lowest BCUT2D eigenvalue weighted by Crippen LogP contribution is -2.59. The Morgan fingerprint density at radius 1 is 1.16 bits per heavy atom. The molecule has 2 aliphatic rings. The Hall–Kier alpha value is -0.0800. The van der Waals surface area contributed by atoms with Crippen LogP contribution in [0.15, 0.2) is 0 Å². The molecule has 2 nitrogen and oxygen atoms in total. The molecule has 0 saturated heterocycles. The molecule has 0 aromatic carbocycles. The highest BCUT2D eigenvalue weighted by Crippen LogP contribution is 2.39. The van der Waals surface area contributed by atoms with Gasteiger partial charge in [0.15, 0.2) is 0 Å². The number of nitrogens with zero attached hydrogens (tertiary/aromatic N) is 1. The molecule has 0 bridgehead atoms. The van der Waals surface area contributed by atoms with Gasteiger partial charge in [-0.1, -0.05) is 34.1 Å². The highest BCUT2D eigenvalue weighted by Gasteiger charge is 2.41. The van der Waals surface area contributed by atoms with Crippen LogP contribution in [0.4, 0.5) is 0 Å². The Morgan fingerprint density at radius 2 is 1.89 bits per heavy atom. The van der Waals surface area contributed by atoms with E-state index in [9.17, 15) is 0 Å². The predicted octanol–water partition coefficient (Wildman–Crippen LogP) is 3.67. The summed E-state index contributed by atoms with van der Waals surface area (Å²) in [5.74, 6) is 1.01. The minimum absolute atomic E-state index is 0.453. The fraction of sp³-hybridized carbons (Fsp3) is 1.00. The standard InChI is InChI=1S/C17H34N2/c1-5-12-18-16-15(8-7-11-17(16,3)4)19(6-2)13-14-9-10-14/h14-16,18H,5-13H2,1-4H3. The second kappa shape index (κ2) is 6.58. The normalized spacial score (nSPS) is 30.8. The molecule has 0 spiro atoms. The van der Waals surface area contributed by atoms with E-state index in [0.717, 1.165) is 12.0 Å². The molecular formula is C17H34N2. The lowest BCUT2D eigenvalue weighted by molar-refractivity contribution is 0.0485. The molecule has 19 heavy (non-hydrogen) atoms. The van der Waals surface area contributed by atoms with Gasteiger partial charge in [-0.25, -0.2) is 0 Å². The fourth-order valence-corrected chi connectivity index (χ4v) is 3.85. The molecule has 2 atom stereocenters. The van der Waals surface area contributed by atoms with Gasteiger partial charge in [0.1, 0.15) is 0 Å². The molecule has 2 heteroatoms. The van der Waals surface area contributed by atoms with Gasteiger partial charge in [0, 0.05) is 18.6 Å². The lowest BCUT2D eigenvalue weighted by Gasteiger charge is -2.49. The van der Waals surface area contributed by atoms with E-state index < -0.39 is 0 Å². The summed E-state index contributed by atoms with van der Waals surface area (Å²) in [6.07, 6.45) is 8.37. The van der Waals surface area contributed by atoms with E-state index in [-0.39, 0.29) is 0 Å². The van der Waals surface area contributed by atoms with E-state index in [2.05, 4.69) is 37.9 Å². The summed E-state index contributed by atoms with van der Waals surface area (Å²) in [5.41, 5.74) is 0.453. The summed E-state index contributed by atoms with van der Waals surface area (Å²) in [7, 11) is 0. The third-order valence-corrected chi connectivity index (χ3v) is 5.23. The maximum Gasteiger partial charge on any atom is 0.0274 e. The Morgan fingerprint density at radius 3 is 2.47 bits per heavy atom. The van der Waals surface area contributed by atoms with Crippen molar-refractivity contribution in [1.82, 2.24) is 10.2 Å². The van der Waals surface area contributed by atoms with Crippen LogP contribution in [0.5, 0.6) is 0 Å². The average molecular weight is 266 g/mol. The van der Waals surface area contributed by atoms with E-state index in [1.54, 1.807) is 0 Å². The molecule has 2 rings (SSSR count). The summed E-state index contributed by atoms with van der Waals surface area (Å²) >= 11 is 0. The zero-order valence-corrected chi connectivity index (χ0v) is 13.5. The van der Waals surface area contributed by atoms with Crippen molar-refractivity contribution >= 4 is 0 Å². The molecule has 2 fully saturated rings. The van der Waals surface area contributed by atoms with Crippen molar-refractivity contribution in [3.63, 3.8) is 0 Å². The van der Waals surface area contributed by atoms with Crippen molar-refractivity contribution in [2.75, 3.05) is 19.6 Å². The summed E-state index contributed by atoms with van der Waals surface area (Å²) in [4.78, 5) is 2.78. The van der Waals surface area contributed by atoms with Crippen molar-refractivity contribution in [3.05, 3.63) is 0 Å². The molecule has 0 amide bonds. The summed E-state index contributed by atoms with van der Waals surface area (Å²) in [6.45, 7) is 13.3. The minimum atomic E-state index is 0.453. The summed E-state index contributed by atoms with van der Waals surface area (Å²) in [6, 6.07) is 1.45.